The number of benzene rings is 1. The van der Waals surface area contributed by atoms with E-state index in [1.54, 1.807) is 0 Å². The van der Waals surface area contributed by atoms with Crippen LogP contribution >= 0.6 is 0 Å². The first-order valence-corrected chi connectivity index (χ1v) is 7.94. The number of rotatable bonds is 8. The zero-order valence-corrected chi connectivity index (χ0v) is 14.5. The SMILES string of the molecule is CCOC(=O)C(C)(C)CCCCOc1cc(C)c(N)c(C)c1. The highest BCUT2D eigenvalue weighted by molar-refractivity contribution is 5.75. The van der Waals surface area contributed by atoms with Crippen LogP contribution in [0.15, 0.2) is 12.1 Å². The van der Waals surface area contributed by atoms with Crippen LogP contribution in [0.1, 0.15) is 51.2 Å². The predicted molar refractivity (Wildman–Crippen MR) is 90.1 cm³/mol. The fourth-order valence-corrected chi connectivity index (χ4v) is 2.31. The molecule has 2 N–H and O–H groups in total. The Kier molecular flexibility index (Phi) is 6.72. The Bertz CT molecular complexity index is 486. The summed E-state index contributed by atoms with van der Waals surface area (Å²) in [5.74, 6) is 0.731. The fourth-order valence-electron chi connectivity index (χ4n) is 2.31. The maximum Gasteiger partial charge on any atom is 0.311 e. The van der Waals surface area contributed by atoms with Crippen LogP contribution in [0, 0.1) is 19.3 Å². The number of hydrogen-bond donors (Lipinski definition) is 1. The number of nitrogen functional groups attached to an aromatic ring is 1. The zero-order chi connectivity index (χ0) is 16.8. The van der Waals surface area contributed by atoms with Gasteiger partial charge in [-0.15, -0.1) is 0 Å². The molecule has 4 heteroatoms. The molecule has 0 spiro atoms. The summed E-state index contributed by atoms with van der Waals surface area (Å²) in [5, 5.41) is 0. The topological polar surface area (TPSA) is 61.5 Å². The number of esters is 1. The lowest BCUT2D eigenvalue weighted by Crippen LogP contribution is -2.26. The quantitative estimate of drug-likeness (QED) is 0.447. The summed E-state index contributed by atoms with van der Waals surface area (Å²) in [7, 11) is 0. The van der Waals surface area contributed by atoms with Gasteiger partial charge in [-0.05, 0) is 77.1 Å². The van der Waals surface area contributed by atoms with E-state index in [0.29, 0.717) is 13.2 Å². The van der Waals surface area contributed by atoms with Gasteiger partial charge in [0.2, 0.25) is 0 Å². The maximum absolute atomic E-state index is 11.8. The molecule has 0 aliphatic carbocycles. The van der Waals surface area contributed by atoms with Crippen molar-refractivity contribution in [1.82, 2.24) is 0 Å². The number of anilines is 1. The molecule has 0 aliphatic rings. The van der Waals surface area contributed by atoms with E-state index in [0.717, 1.165) is 41.8 Å². The van der Waals surface area contributed by atoms with Crippen molar-refractivity contribution in [3.8, 4) is 5.75 Å². The normalized spacial score (nSPS) is 11.3. The molecule has 0 aliphatic heterocycles. The van der Waals surface area contributed by atoms with E-state index in [1.807, 2.05) is 46.8 Å². The van der Waals surface area contributed by atoms with Crippen molar-refractivity contribution < 1.29 is 14.3 Å². The Hall–Kier alpha value is -1.71. The van der Waals surface area contributed by atoms with E-state index in [1.165, 1.54) is 0 Å². The Balaban J connectivity index is 2.36. The van der Waals surface area contributed by atoms with Crippen LogP contribution in [0.4, 0.5) is 5.69 Å². The first-order chi connectivity index (χ1) is 10.3. The average Bonchev–Trinajstić information content (AvgIpc) is 2.44. The number of carbonyl (C=O) groups is 1. The van der Waals surface area contributed by atoms with Gasteiger partial charge in [-0.1, -0.05) is 0 Å². The molecule has 0 bridgehead atoms. The van der Waals surface area contributed by atoms with Crippen molar-refractivity contribution in [2.24, 2.45) is 5.41 Å². The third-order valence-electron chi connectivity index (χ3n) is 3.86. The molecule has 0 atom stereocenters. The van der Waals surface area contributed by atoms with Crippen LogP contribution in [0.3, 0.4) is 0 Å². The molecule has 0 saturated carbocycles. The van der Waals surface area contributed by atoms with Crippen LogP contribution in [0.5, 0.6) is 5.75 Å². The van der Waals surface area contributed by atoms with Crippen LogP contribution in [-0.4, -0.2) is 19.2 Å². The lowest BCUT2D eigenvalue weighted by atomic mass is 9.87. The summed E-state index contributed by atoms with van der Waals surface area (Å²) in [6.07, 6.45) is 2.64. The van der Waals surface area contributed by atoms with Crippen LogP contribution in [0.2, 0.25) is 0 Å². The number of ether oxygens (including phenoxy) is 2. The summed E-state index contributed by atoms with van der Waals surface area (Å²) in [6.45, 7) is 10.7. The first-order valence-electron chi connectivity index (χ1n) is 7.94. The van der Waals surface area contributed by atoms with Crippen LogP contribution in [0.25, 0.3) is 0 Å². The molecule has 0 radical (unpaired) electrons. The van der Waals surface area contributed by atoms with Crippen LogP contribution < -0.4 is 10.5 Å². The highest BCUT2D eigenvalue weighted by atomic mass is 16.5. The van der Waals surface area contributed by atoms with E-state index in [-0.39, 0.29) is 5.97 Å². The van der Waals surface area contributed by atoms with Crippen LogP contribution in [-0.2, 0) is 9.53 Å². The summed E-state index contributed by atoms with van der Waals surface area (Å²) in [5.41, 5.74) is 8.41. The Morgan fingerprint density at radius 1 is 1.18 bits per heavy atom. The van der Waals surface area contributed by atoms with Gasteiger partial charge in [0.25, 0.3) is 0 Å². The van der Waals surface area contributed by atoms with Gasteiger partial charge in [0.05, 0.1) is 18.6 Å². The molecule has 0 fully saturated rings. The lowest BCUT2D eigenvalue weighted by molar-refractivity contribution is -0.153. The highest BCUT2D eigenvalue weighted by Gasteiger charge is 2.28. The van der Waals surface area contributed by atoms with Crippen molar-refractivity contribution in [2.45, 2.75) is 53.9 Å². The van der Waals surface area contributed by atoms with E-state index < -0.39 is 5.41 Å². The molecular formula is C18H29NO3. The monoisotopic (exact) mass is 307 g/mol. The fraction of sp³-hybridized carbons (Fsp3) is 0.611. The second-order valence-corrected chi connectivity index (χ2v) is 6.38. The Labute approximate surface area is 134 Å². The largest absolute Gasteiger partial charge is 0.494 e. The molecule has 0 aromatic heterocycles. The Morgan fingerprint density at radius 3 is 2.32 bits per heavy atom. The number of nitrogens with two attached hydrogens (primary N) is 1. The molecule has 1 rings (SSSR count). The van der Waals surface area contributed by atoms with Crippen molar-refractivity contribution in [3.63, 3.8) is 0 Å². The third-order valence-corrected chi connectivity index (χ3v) is 3.86. The second kappa shape index (κ2) is 8.06. The molecule has 1 aromatic rings. The van der Waals surface area contributed by atoms with Crippen molar-refractivity contribution in [2.75, 3.05) is 18.9 Å². The zero-order valence-electron chi connectivity index (χ0n) is 14.5. The highest BCUT2D eigenvalue weighted by Crippen LogP contribution is 2.26. The maximum atomic E-state index is 11.8. The van der Waals surface area contributed by atoms with E-state index in [4.69, 9.17) is 15.2 Å². The molecular weight excluding hydrogens is 278 g/mol. The minimum absolute atomic E-state index is 0.124. The summed E-state index contributed by atoms with van der Waals surface area (Å²) in [4.78, 5) is 11.8. The van der Waals surface area contributed by atoms with Crippen molar-refractivity contribution in [3.05, 3.63) is 23.3 Å². The minimum Gasteiger partial charge on any atom is -0.494 e. The molecule has 4 nitrogen and oxygen atoms in total. The molecule has 0 unspecified atom stereocenters. The minimum atomic E-state index is -0.426. The number of aryl methyl sites for hydroxylation is 2. The van der Waals surface area contributed by atoms with Gasteiger partial charge >= 0.3 is 5.97 Å². The average molecular weight is 307 g/mol. The van der Waals surface area contributed by atoms with E-state index in [9.17, 15) is 4.79 Å². The second-order valence-electron chi connectivity index (χ2n) is 6.38. The van der Waals surface area contributed by atoms with Gasteiger partial charge < -0.3 is 15.2 Å². The Morgan fingerprint density at radius 2 is 1.77 bits per heavy atom. The molecule has 124 valence electrons. The lowest BCUT2D eigenvalue weighted by Gasteiger charge is -2.22. The summed E-state index contributed by atoms with van der Waals surface area (Å²) in [6, 6.07) is 3.93. The molecule has 0 heterocycles. The van der Waals surface area contributed by atoms with Gasteiger partial charge in [0.15, 0.2) is 0 Å². The number of carbonyl (C=O) groups excluding carboxylic acids is 1. The number of hydrogen-bond acceptors (Lipinski definition) is 4. The van der Waals surface area contributed by atoms with Gasteiger partial charge in [-0.25, -0.2) is 0 Å². The van der Waals surface area contributed by atoms with E-state index in [2.05, 4.69) is 0 Å². The van der Waals surface area contributed by atoms with E-state index >= 15 is 0 Å². The van der Waals surface area contributed by atoms with Crippen molar-refractivity contribution >= 4 is 11.7 Å². The molecule has 0 amide bonds. The van der Waals surface area contributed by atoms with Crippen molar-refractivity contribution in [1.29, 1.82) is 0 Å². The predicted octanol–water partition coefficient (Wildman–Crippen LogP) is 4.02. The van der Waals surface area contributed by atoms with Gasteiger partial charge in [0.1, 0.15) is 5.75 Å². The third kappa shape index (κ3) is 5.24. The molecule has 22 heavy (non-hydrogen) atoms. The summed E-state index contributed by atoms with van der Waals surface area (Å²) < 4.78 is 10.9. The molecule has 0 saturated heterocycles. The smallest absolute Gasteiger partial charge is 0.311 e. The molecule has 1 aromatic carbocycles. The van der Waals surface area contributed by atoms with Gasteiger partial charge in [-0.3, -0.25) is 4.79 Å². The van der Waals surface area contributed by atoms with Gasteiger partial charge in [-0.2, -0.15) is 0 Å². The number of unbranched alkanes of at least 4 members (excludes halogenated alkanes) is 1. The summed E-state index contributed by atoms with van der Waals surface area (Å²) >= 11 is 0. The standard InChI is InChI=1S/C18H29NO3/c1-6-21-17(20)18(4,5)9-7-8-10-22-15-11-13(2)16(19)14(3)12-15/h11-12H,6-10,19H2,1-5H3. The van der Waals surface area contributed by atoms with Gasteiger partial charge in [0, 0.05) is 5.69 Å². The first kappa shape index (κ1) is 18.3.